The Bertz CT molecular complexity index is 2690. The van der Waals surface area contributed by atoms with Crippen LogP contribution in [0.1, 0.15) is 198 Å². The maximum absolute atomic E-state index is 14.7. The molecule has 0 bridgehead atoms. The van der Waals surface area contributed by atoms with Gasteiger partial charge in [-0.05, 0) is 155 Å². The third-order valence-electron chi connectivity index (χ3n) is 15.1. The number of hydrogen-bond donors (Lipinski definition) is 0. The first kappa shape index (κ1) is 50.0. The molecular weight excluding hydrogens is 852 g/mol. The third-order valence-corrected chi connectivity index (χ3v) is 18.4. The van der Waals surface area contributed by atoms with Crippen LogP contribution in [0.2, 0.25) is 0 Å². The van der Waals surface area contributed by atoms with Crippen LogP contribution in [0.15, 0.2) is 140 Å². The van der Waals surface area contributed by atoms with Crippen molar-refractivity contribution in [2.75, 3.05) is 0 Å². The molecule has 1 nitrogen and oxygen atoms in total. The van der Waals surface area contributed by atoms with E-state index in [4.69, 9.17) is 0 Å². The third kappa shape index (κ3) is 10.2. The van der Waals surface area contributed by atoms with E-state index in [1.807, 2.05) is 0 Å². The van der Waals surface area contributed by atoms with Gasteiger partial charge in [-0.1, -0.05) is 231 Å². The molecule has 1 aliphatic rings. The van der Waals surface area contributed by atoms with E-state index in [0.29, 0.717) is 30.5 Å². The average molecular weight is 929 g/mol. The number of rotatable bonds is 13. The largest absolute Gasteiger partial charge is 0.300 e. The highest BCUT2D eigenvalue weighted by atomic mass is 31.1. The molecular formula is C67H77OP. The molecule has 2 atom stereocenters. The minimum atomic E-state index is -1.07. The van der Waals surface area contributed by atoms with Crippen LogP contribution in [0.5, 0.6) is 0 Å². The molecule has 69 heavy (non-hydrogen) atoms. The molecule has 7 aromatic carbocycles. The lowest BCUT2D eigenvalue weighted by Gasteiger charge is -2.42. The number of hydrogen-bond acceptors (Lipinski definition) is 1. The van der Waals surface area contributed by atoms with Gasteiger partial charge in [0, 0.05) is 24.2 Å². The number of aryl methyl sites for hydroxylation is 2. The topological polar surface area (TPSA) is 17.1 Å². The Labute approximate surface area is 418 Å². The Balaban J connectivity index is 1.55. The SMILES string of the molecule is Cc1ccccc1-c1cc(C(C)C)c(-c2cccc(-c3c(C(C)C)cc(-c4ccccc4C)cc3C(C)C)c2P2C(c3ccc(C(C)C)cc3)CC(=O)CC2c2ccc(C(C)C)cc2)c(C(C)C)c1. The molecule has 0 saturated carbocycles. The summed E-state index contributed by atoms with van der Waals surface area (Å²) in [5.74, 6) is 2.28. The first-order valence-corrected chi connectivity index (χ1v) is 27.5. The predicted molar refractivity (Wildman–Crippen MR) is 301 cm³/mol. The molecule has 0 aliphatic carbocycles. The van der Waals surface area contributed by atoms with Gasteiger partial charge in [-0.25, -0.2) is 0 Å². The molecule has 1 aliphatic heterocycles. The molecule has 0 amide bonds. The van der Waals surface area contributed by atoms with Crippen LogP contribution >= 0.6 is 7.92 Å². The highest BCUT2D eigenvalue weighted by Gasteiger charge is 2.43. The monoisotopic (exact) mass is 929 g/mol. The van der Waals surface area contributed by atoms with Gasteiger partial charge >= 0.3 is 0 Å². The lowest BCUT2D eigenvalue weighted by Crippen LogP contribution is -2.26. The van der Waals surface area contributed by atoms with Crippen molar-refractivity contribution in [3.05, 3.63) is 195 Å². The molecule has 0 radical (unpaired) electrons. The zero-order valence-corrected chi connectivity index (χ0v) is 45.1. The van der Waals surface area contributed by atoms with E-state index in [1.165, 1.54) is 105 Å². The fraction of sp³-hybridized carbons (Fsp3) is 0.358. The molecule has 2 unspecified atom stereocenters. The quantitative estimate of drug-likeness (QED) is 0.105. The smallest absolute Gasteiger partial charge is 0.134 e. The second-order valence-corrected chi connectivity index (χ2v) is 24.5. The van der Waals surface area contributed by atoms with Gasteiger partial charge < -0.3 is 0 Å². The molecule has 7 aromatic rings. The summed E-state index contributed by atoms with van der Waals surface area (Å²) >= 11 is 0. The Morgan fingerprint density at radius 1 is 0.391 bits per heavy atom. The van der Waals surface area contributed by atoms with Crippen molar-refractivity contribution in [3.63, 3.8) is 0 Å². The summed E-state index contributed by atoms with van der Waals surface area (Å²) in [6.45, 7) is 32.7. The van der Waals surface area contributed by atoms with Crippen LogP contribution in [0.4, 0.5) is 0 Å². The molecule has 0 aromatic heterocycles. The predicted octanol–water partition coefficient (Wildman–Crippen LogP) is 19.7. The van der Waals surface area contributed by atoms with Crippen molar-refractivity contribution in [1.82, 2.24) is 0 Å². The van der Waals surface area contributed by atoms with Crippen molar-refractivity contribution < 1.29 is 4.79 Å². The van der Waals surface area contributed by atoms with E-state index in [-0.39, 0.29) is 35.0 Å². The number of Topliss-reactive ketones (excluding diaryl/α,β-unsaturated/α-hetero) is 1. The van der Waals surface area contributed by atoms with Crippen molar-refractivity contribution in [3.8, 4) is 44.5 Å². The molecule has 2 heteroatoms. The summed E-state index contributed by atoms with van der Waals surface area (Å²) in [4.78, 5) is 14.7. The molecule has 1 saturated heterocycles. The Morgan fingerprint density at radius 2 is 0.710 bits per heavy atom. The number of carbonyl (C=O) groups excluding carboxylic acids is 1. The van der Waals surface area contributed by atoms with E-state index in [0.717, 1.165) is 0 Å². The zero-order chi connectivity index (χ0) is 49.4. The summed E-state index contributed by atoms with van der Waals surface area (Å²) in [6, 6.07) is 54.0. The summed E-state index contributed by atoms with van der Waals surface area (Å²) in [6.07, 6.45) is 1.09. The highest BCUT2D eigenvalue weighted by Crippen LogP contribution is 2.68. The van der Waals surface area contributed by atoms with E-state index >= 15 is 0 Å². The van der Waals surface area contributed by atoms with Gasteiger partial charge in [0.1, 0.15) is 5.78 Å². The van der Waals surface area contributed by atoms with Gasteiger partial charge in [0.2, 0.25) is 0 Å². The standard InChI is InChI=1S/C67H77OP/c1-40(2)48-26-30-50(31-27-48)63-38-54(68)39-64(51-32-28-49(29-33-51)41(3)4)69(63)67-57(65-59(42(5)6)34-52(35-60(65)43(7)8)55-22-17-15-20-46(55)13)24-19-25-58(67)66-61(44(9)10)36-53(37-62(66)45(11)12)56-23-18-16-21-47(56)14/h15-37,40-45,63-64H,38-39H2,1-14H3. The first-order chi connectivity index (χ1) is 32.9. The highest BCUT2D eigenvalue weighted by molar-refractivity contribution is 7.67. The number of ketones is 1. The fourth-order valence-corrected chi connectivity index (χ4v) is 14.9. The summed E-state index contributed by atoms with van der Waals surface area (Å²) in [7, 11) is -1.07. The van der Waals surface area contributed by atoms with Crippen LogP contribution in [0, 0.1) is 13.8 Å². The number of carbonyl (C=O) groups is 1. The molecule has 0 spiro atoms. The molecule has 1 heterocycles. The van der Waals surface area contributed by atoms with Gasteiger partial charge in [0.05, 0.1) is 0 Å². The number of benzene rings is 7. The fourth-order valence-electron chi connectivity index (χ4n) is 11.2. The molecule has 0 N–H and O–H groups in total. The van der Waals surface area contributed by atoms with Crippen LogP contribution in [0.3, 0.4) is 0 Å². The maximum Gasteiger partial charge on any atom is 0.134 e. The zero-order valence-electron chi connectivity index (χ0n) is 44.2. The van der Waals surface area contributed by atoms with Crippen LogP contribution < -0.4 is 5.30 Å². The van der Waals surface area contributed by atoms with Crippen molar-refractivity contribution >= 4 is 19.0 Å². The lowest BCUT2D eigenvalue weighted by molar-refractivity contribution is -0.119. The second kappa shape index (κ2) is 20.9. The Morgan fingerprint density at radius 3 is 1.01 bits per heavy atom. The van der Waals surface area contributed by atoms with Gasteiger partial charge in [-0.3, -0.25) is 4.79 Å². The van der Waals surface area contributed by atoms with Gasteiger partial charge in [0.15, 0.2) is 0 Å². The minimum Gasteiger partial charge on any atom is -0.300 e. The summed E-state index contributed by atoms with van der Waals surface area (Å²) < 4.78 is 0. The van der Waals surface area contributed by atoms with Crippen molar-refractivity contribution in [1.29, 1.82) is 0 Å². The van der Waals surface area contributed by atoms with Crippen molar-refractivity contribution in [2.45, 2.75) is 157 Å². The maximum atomic E-state index is 14.7. The van der Waals surface area contributed by atoms with E-state index in [1.54, 1.807) is 0 Å². The average Bonchev–Trinajstić information content (AvgIpc) is 3.33. The van der Waals surface area contributed by atoms with Crippen LogP contribution in [0.25, 0.3) is 44.5 Å². The summed E-state index contributed by atoms with van der Waals surface area (Å²) in [5, 5.41) is 1.45. The van der Waals surface area contributed by atoms with E-state index in [9.17, 15) is 4.79 Å². The van der Waals surface area contributed by atoms with Crippen LogP contribution in [-0.2, 0) is 4.79 Å². The second-order valence-electron chi connectivity index (χ2n) is 22.0. The van der Waals surface area contributed by atoms with Crippen molar-refractivity contribution in [2.24, 2.45) is 0 Å². The minimum absolute atomic E-state index is 0.0321. The van der Waals surface area contributed by atoms with Crippen LogP contribution in [-0.4, -0.2) is 5.78 Å². The van der Waals surface area contributed by atoms with Gasteiger partial charge in [-0.15, -0.1) is 0 Å². The van der Waals surface area contributed by atoms with E-state index in [2.05, 4.69) is 236 Å². The lowest BCUT2D eigenvalue weighted by atomic mass is 9.79. The summed E-state index contributed by atoms with van der Waals surface area (Å²) in [5.41, 5.74) is 24.1. The van der Waals surface area contributed by atoms with Gasteiger partial charge in [0.25, 0.3) is 0 Å². The van der Waals surface area contributed by atoms with Gasteiger partial charge in [-0.2, -0.15) is 0 Å². The molecule has 1 fully saturated rings. The van der Waals surface area contributed by atoms with E-state index < -0.39 is 7.92 Å². The first-order valence-electron chi connectivity index (χ1n) is 26.1. The Hall–Kier alpha value is -5.36. The normalized spacial score (nSPS) is 16.5. The molecule has 8 rings (SSSR count). The Kier molecular flexibility index (Phi) is 15.2. The molecule has 356 valence electrons.